The van der Waals surface area contributed by atoms with E-state index in [-0.39, 0.29) is 18.0 Å². The highest BCUT2D eigenvalue weighted by Crippen LogP contribution is 2.19. The first kappa shape index (κ1) is 16.0. The van der Waals surface area contributed by atoms with Gasteiger partial charge in [-0.05, 0) is 26.0 Å². The SMILES string of the molecule is CC(=O)C(CC(=O)c1cccc(-c2ccccc2)n1)[C@@H](C)O. The summed E-state index contributed by atoms with van der Waals surface area (Å²) in [6.07, 6.45) is -0.878. The van der Waals surface area contributed by atoms with Crippen LogP contribution < -0.4 is 0 Å². The van der Waals surface area contributed by atoms with Crippen molar-refractivity contribution in [3.63, 3.8) is 0 Å². The molecule has 4 heteroatoms. The van der Waals surface area contributed by atoms with Crippen LogP contribution >= 0.6 is 0 Å². The number of hydrogen-bond acceptors (Lipinski definition) is 4. The zero-order chi connectivity index (χ0) is 16.1. The Kier molecular flexibility index (Phi) is 5.17. The van der Waals surface area contributed by atoms with Gasteiger partial charge < -0.3 is 5.11 Å². The van der Waals surface area contributed by atoms with Gasteiger partial charge in [0.15, 0.2) is 5.78 Å². The molecule has 0 aliphatic heterocycles. The first-order chi connectivity index (χ1) is 10.5. The molecule has 1 aromatic heterocycles. The normalized spacial score (nSPS) is 13.4. The third kappa shape index (κ3) is 3.86. The number of carbonyl (C=O) groups excluding carboxylic acids is 2. The maximum Gasteiger partial charge on any atom is 0.182 e. The number of aliphatic hydroxyl groups excluding tert-OH is 1. The zero-order valence-corrected chi connectivity index (χ0v) is 12.7. The van der Waals surface area contributed by atoms with Crippen molar-refractivity contribution in [3.8, 4) is 11.3 Å². The number of carbonyl (C=O) groups is 2. The molecule has 0 spiro atoms. The summed E-state index contributed by atoms with van der Waals surface area (Å²) in [7, 11) is 0. The second-order valence-electron chi connectivity index (χ2n) is 5.36. The summed E-state index contributed by atoms with van der Waals surface area (Å²) in [4.78, 5) is 28.2. The summed E-state index contributed by atoms with van der Waals surface area (Å²) < 4.78 is 0. The van der Waals surface area contributed by atoms with Gasteiger partial charge in [-0.15, -0.1) is 0 Å². The molecule has 0 aliphatic rings. The van der Waals surface area contributed by atoms with Crippen molar-refractivity contribution in [1.82, 2.24) is 4.98 Å². The van der Waals surface area contributed by atoms with E-state index in [4.69, 9.17) is 0 Å². The Labute approximate surface area is 129 Å². The molecule has 114 valence electrons. The van der Waals surface area contributed by atoms with Gasteiger partial charge in [0.25, 0.3) is 0 Å². The number of pyridine rings is 1. The summed E-state index contributed by atoms with van der Waals surface area (Å²) >= 11 is 0. The molecule has 4 nitrogen and oxygen atoms in total. The average molecular weight is 297 g/mol. The molecule has 0 aliphatic carbocycles. The van der Waals surface area contributed by atoms with Crippen LogP contribution in [0.15, 0.2) is 48.5 Å². The van der Waals surface area contributed by atoms with Crippen molar-refractivity contribution >= 4 is 11.6 Å². The van der Waals surface area contributed by atoms with Crippen LogP contribution in [0.2, 0.25) is 0 Å². The zero-order valence-electron chi connectivity index (χ0n) is 12.7. The Morgan fingerprint density at radius 2 is 1.77 bits per heavy atom. The number of aliphatic hydroxyl groups is 1. The lowest BCUT2D eigenvalue weighted by Gasteiger charge is -2.15. The number of Topliss-reactive ketones (excluding diaryl/α,β-unsaturated/α-hetero) is 2. The number of rotatable bonds is 6. The summed E-state index contributed by atoms with van der Waals surface area (Å²) in [6, 6.07) is 14.8. The van der Waals surface area contributed by atoms with Gasteiger partial charge in [-0.1, -0.05) is 36.4 Å². The van der Waals surface area contributed by atoms with Gasteiger partial charge in [0.05, 0.1) is 17.7 Å². The van der Waals surface area contributed by atoms with Crippen molar-refractivity contribution < 1.29 is 14.7 Å². The average Bonchev–Trinajstić information content (AvgIpc) is 2.52. The fraction of sp³-hybridized carbons (Fsp3) is 0.278. The van der Waals surface area contributed by atoms with Gasteiger partial charge >= 0.3 is 0 Å². The second kappa shape index (κ2) is 7.09. The second-order valence-corrected chi connectivity index (χ2v) is 5.36. The van der Waals surface area contributed by atoms with E-state index in [1.165, 1.54) is 13.8 Å². The van der Waals surface area contributed by atoms with E-state index in [0.29, 0.717) is 11.4 Å². The van der Waals surface area contributed by atoms with Gasteiger partial charge in [-0.3, -0.25) is 9.59 Å². The monoisotopic (exact) mass is 297 g/mol. The largest absolute Gasteiger partial charge is 0.393 e. The van der Waals surface area contributed by atoms with Crippen LogP contribution in [0.4, 0.5) is 0 Å². The van der Waals surface area contributed by atoms with E-state index >= 15 is 0 Å². The summed E-state index contributed by atoms with van der Waals surface area (Å²) in [5, 5.41) is 9.62. The molecule has 22 heavy (non-hydrogen) atoms. The van der Waals surface area contributed by atoms with Crippen LogP contribution in [0.5, 0.6) is 0 Å². The third-order valence-electron chi connectivity index (χ3n) is 3.61. The Morgan fingerprint density at radius 1 is 1.09 bits per heavy atom. The van der Waals surface area contributed by atoms with E-state index in [0.717, 1.165) is 5.56 Å². The maximum atomic E-state index is 12.3. The minimum atomic E-state index is -0.848. The molecule has 0 saturated carbocycles. The van der Waals surface area contributed by atoms with Crippen LogP contribution in [-0.2, 0) is 4.79 Å². The lowest BCUT2D eigenvalue weighted by molar-refractivity contribution is -0.123. The Hall–Kier alpha value is -2.33. The quantitative estimate of drug-likeness (QED) is 0.832. The van der Waals surface area contributed by atoms with Crippen LogP contribution in [0, 0.1) is 5.92 Å². The van der Waals surface area contributed by atoms with Crippen molar-refractivity contribution in [3.05, 3.63) is 54.2 Å². The molecule has 0 radical (unpaired) electrons. The van der Waals surface area contributed by atoms with Gasteiger partial charge in [-0.2, -0.15) is 0 Å². The van der Waals surface area contributed by atoms with Crippen LogP contribution in [0.3, 0.4) is 0 Å². The number of ketones is 2. The van der Waals surface area contributed by atoms with Crippen molar-refractivity contribution in [1.29, 1.82) is 0 Å². The molecule has 0 amide bonds. The van der Waals surface area contributed by atoms with Gasteiger partial charge in [0, 0.05) is 12.0 Å². The molecule has 2 rings (SSSR count). The van der Waals surface area contributed by atoms with Crippen LogP contribution in [0.25, 0.3) is 11.3 Å². The molecule has 1 aromatic carbocycles. The highest BCUT2D eigenvalue weighted by atomic mass is 16.3. The smallest absolute Gasteiger partial charge is 0.182 e. The van der Waals surface area contributed by atoms with Gasteiger partial charge in [-0.25, -0.2) is 4.98 Å². The fourth-order valence-corrected chi connectivity index (χ4v) is 2.32. The van der Waals surface area contributed by atoms with Crippen LogP contribution in [-0.4, -0.2) is 27.8 Å². The lowest BCUT2D eigenvalue weighted by atomic mass is 9.92. The first-order valence-corrected chi connectivity index (χ1v) is 7.23. The van der Waals surface area contributed by atoms with Crippen molar-refractivity contribution in [2.75, 3.05) is 0 Å². The Bertz CT molecular complexity index is 665. The van der Waals surface area contributed by atoms with Gasteiger partial charge in [0.2, 0.25) is 0 Å². The standard InChI is InChI=1S/C18H19NO3/c1-12(20)15(13(2)21)11-18(22)17-10-6-9-16(19-17)14-7-4-3-5-8-14/h3-10,12,15,20H,11H2,1-2H3/t12-,15?/m1/s1. The minimum absolute atomic E-state index is 0.0295. The molecular weight excluding hydrogens is 278 g/mol. The summed E-state index contributed by atoms with van der Waals surface area (Å²) in [5.41, 5.74) is 1.95. The molecule has 1 heterocycles. The van der Waals surface area contributed by atoms with Crippen molar-refractivity contribution in [2.45, 2.75) is 26.4 Å². The maximum absolute atomic E-state index is 12.3. The topological polar surface area (TPSA) is 67.3 Å². The summed E-state index contributed by atoms with van der Waals surface area (Å²) in [6.45, 7) is 2.91. The van der Waals surface area contributed by atoms with E-state index in [1.807, 2.05) is 36.4 Å². The molecule has 1 N–H and O–H groups in total. The lowest BCUT2D eigenvalue weighted by Crippen LogP contribution is -2.27. The molecule has 0 saturated heterocycles. The van der Waals surface area contributed by atoms with E-state index in [1.54, 1.807) is 12.1 Å². The molecule has 2 atom stereocenters. The minimum Gasteiger partial charge on any atom is -0.393 e. The van der Waals surface area contributed by atoms with Gasteiger partial charge in [0.1, 0.15) is 11.5 Å². The summed E-state index contributed by atoms with van der Waals surface area (Å²) in [5.74, 6) is -1.11. The highest BCUT2D eigenvalue weighted by Gasteiger charge is 2.24. The molecule has 0 bridgehead atoms. The predicted molar refractivity (Wildman–Crippen MR) is 84.5 cm³/mol. The molecular formula is C18H19NO3. The fourth-order valence-electron chi connectivity index (χ4n) is 2.32. The molecule has 0 fully saturated rings. The number of aromatic nitrogens is 1. The Balaban J connectivity index is 2.22. The van der Waals surface area contributed by atoms with E-state index < -0.39 is 12.0 Å². The Morgan fingerprint density at radius 3 is 2.36 bits per heavy atom. The number of benzene rings is 1. The van der Waals surface area contributed by atoms with E-state index in [2.05, 4.69) is 4.98 Å². The third-order valence-corrected chi connectivity index (χ3v) is 3.61. The highest BCUT2D eigenvalue weighted by molar-refractivity contribution is 5.97. The number of nitrogens with zero attached hydrogens (tertiary/aromatic N) is 1. The first-order valence-electron chi connectivity index (χ1n) is 7.23. The van der Waals surface area contributed by atoms with Crippen molar-refractivity contribution in [2.24, 2.45) is 5.92 Å². The van der Waals surface area contributed by atoms with E-state index in [9.17, 15) is 14.7 Å². The molecule has 1 unspecified atom stereocenters. The number of hydrogen-bond donors (Lipinski definition) is 1. The molecule has 2 aromatic rings. The predicted octanol–water partition coefficient (Wildman–Crippen LogP) is 2.91. The van der Waals surface area contributed by atoms with Crippen LogP contribution in [0.1, 0.15) is 30.8 Å².